The number of halogens is 2. The van der Waals surface area contributed by atoms with Crippen LogP contribution in [-0.4, -0.2) is 38.9 Å². The summed E-state index contributed by atoms with van der Waals surface area (Å²) in [5.74, 6) is -0.241. The number of nitrogens with zero attached hydrogens (tertiary/aromatic N) is 1. The molecule has 10 heteroatoms. The summed E-state index contributed by atoms with van der Waals surface area (Å²) in [6.45, 7) is 0.773. The Balaban J connectivity index is 0. The summed E-state index contributed by atoms with van der Waals surface area (Å²) >= 11 is 0. The number of rotatable bonds is 7. The van der Waals surface area contributed by atoms with Gasteiger partial charge in [-0.3, -0.25) is 9.78 Å². The molecule has 1 heterocycles. The first-order valence-electron chi connectivity index (χ1n) is 5.43. The highest BCUT2D eigenvalue weighted by Crippen LogP contribution is 2.04. The summed E-state index contributed by atoms with van der Waals surface area (Å²) in [4.78, 5) is 15.0. The zero-order valence-electron chi connectivity index (χ0n) is 10.6. The monoisotopic (exact) mass is 344 g/mol. The van der Waals surface area contributed by atoms with Crippen molar-refractivity contribution in [3.63, 3.8) is 0 Å². The van der Waals surface area contributed by atoms with E-state index >= 15 is 0 Å². The summed E-state index contributed by atoms with van der Waals surface area (Å²) in [7, 11) is -3.59. The number of nitrogens with two attached hydrogens (primary N) is 1. The van der Waals surface area contributed by atoms with E-state index in [9.17, 15) is 13.2 Å². The topological polar surface area (TPSA) is 114 Å². The van der Waals surface area contributed by atoms with E-state index in [1.165, 1.54) is 24.5 Å². The number of amides is 1. The van der Waals surface area contributed by atoms with Crippen LogP contribution in [0.5, 0.6) is 0 Å². The molecule has 0 aliphatic carbocycles. The van der Waals surface area contributed by atoms with Crippen molar-refractivity contribution in [2.45, 2.75) is 11.3 Å². The van der Waals surface area contributed by atoms with E-state index in [0.29, 0.717) is 13.1 Å². The predicted molar refractivity (Wildman–Crippen MR) is 80.6 cm³/mol. The Bertz CT molecular complexity index is 485. The molecule has 0 fully saturated rings. The normalized spacial score (nSPS) is 10.1. The van der Waals surface area contributed by atoms with E-state index in [2.05, 4.69) is 15.0 Å². The van der Waals surface area contributed by atoms with Crippen LogP contribution >= 0.6 is 24.8 Å². The van der Waals surface area contributed by atoms with Crippen molar-refractivity contribution in [3.8, 4) is 0 Å². The van der Waals surface area contributed by atoms with E-state index in [0.717, 1.165) is 0 Å². The Labute approximate surface area is 130 Å². The van der Waals surface area contributed by atoms with E-state index in [1.54, 1.807) is 0 Å². The number of hydrogen-bond acceptors (Lipinski definition) is 5. The fourth-order valence-corrected chi connectivity index (χ4v) is 2.18. The van der Waals surface area contributed by atoms with Crippen molar-refractivity contribution in [3.05, 3.63) is 24.5 Å². The maximum Gasteiger partial charge on any atom is 0.242 e. The highest BCUT2D eigenvalue weighted by molar-refractivity contribution is 7.89. The number of carbonyl (C=O) groups is 1. The van der Waals surface area contributed by atoms with Gasteiger partial charge < -0.3 is 11.1 Å². The van der Waals surface area contributed by atoms with E-state index in [1.807, 2.05) is 0 Å². The van der Waals surface area contributed by atoms with Gasteiger partial charge in [-0.2, -0.15) is 0 Å². The molecule has 0 saturated heterocycles. The van der Waals surface area contributed by atoms with Gasteiger partial charge >= 0.3 is 0 Å². The summed E-state index contributed by atoms with van der Waals surface area (Å²) < 4.78 is 25.8. The largest absolute Gasteiger partial charge is 0.355 e. The molecule has 0 bridgehead atoms. The van der Waals surface area contributed by atoms with Crippen LogP contribution in [0.1, 0.15) is 6.42 Å². The van der Waals surface area contributed by atoms with Crippen molar-refractivity contribution in [1.82, 2.24) is 15.0 Å². The molecule has 1 aromatic heterocycles. The Morgan fingerprint density at radius 1 is 1.30 bits per heavy atom. The third-order valence-electron chi connectivity index (χ3n) is 2.06. The van der Waals surface area contributed by atoms with Gasteiger partial charge in [0, 0.05) is 38.4 Å². The lowest BCUT2D eigenvalue weighted by molar-refractivity contribution is -0.120. The molecule has 0 spiro atoms. The second-order valence-corrected chi connectivity index (χ2v) is 5.24. The fraction of sp³-hybridized carbons (Fsp3) is 0.400. The van der Waals surface area contributed by atoms with Crippen molar-refractivity contribution in [2.24, 2.45) is 5.73 Å². The fourth-order valence-electron chi connectivity index (χ4n) is 1.19. The number of nitrogens with one attached hydrogen (secondary N) is 2. The van der Waals surface area contributed by atoms with Crippen LogP contribution in [0.3, 0.4) is 0 Å². The Kier molecular flexibility index (Phi) is 11.6. The van der Waals surface area contributed by atoms with Gasteiger partial charge in [0.15, 0.2) is 0 Å². The average Bonchev–Trinajstić information content (AvgIpc) is 2.37. The molecule has 20 heavy (non-hydrogen) atoms. The number of aromatic nitrogens is 1. The SMILES string of the molecule is Cl.Cl.NCCNC(=O)CCNS(=O)(=O)c1cccnc1. The quantitative estimate of drug-likeness (QED) is 0.626. The highest BCUT2D eigenvalue weighted by atomic mass is 35.5. The summed E-state index contributed by atoms with van der Waals surface area (Å²) in [6.07, 6.45) is 2.80. The van der Waals surface area contributed by atoms with Gasteiger partial charge in [0.25, 0.3) is 0 Å². The first kappa shape index (κ1) is 21.4. The molecule has 116 valence electrons. The van der Waals surface area contributed by atoms with Gasteiger partial charge in [0.1, 0.15) is 4.90 Å². The second-order valence-electron chi connectivity index (χ2n) is 3.48. The third kappa shape index (κ3) is 7.61. The smallest absolute Gasteiger partial charge is 0.242 e. The van der Waals surface area contributed by atoms with E-state index in [-0.39, 0.29) is 48.6 Å². The lowest BCUT2D eigenvalue weighted by Crippen LogP contribution is -2.33. The first-order valence-corrected chi connectivity index (χ1v) is 6.91. The molecule has 0 unspecified atom stereocenters. The molecule has 7 nitrogen and oxygen atoms in total. The zero-order valence-corrected chi connectivity index (χ0v) is 13.1. The highest BCUT2D eigenvalue weighted by Gasteiger charge is 2.13. The average molecular weight is 345 g/mol. The minimum atomic E-state index is -3.59. The van der Waals surface area contributed by atoms with Crippen molar-refractivity contribution in [2.75, 3.05) is 19.6 Å². The first-order chi connectivity index (χ1) is 8.56. The number of sulfonamides is 1. The van der Waals surface area contributed by atoms with Crippen LogP contribution in [0, 0.1) is 0 Å². The van der Waals surface area contributed by atoms with Gasteiger partial charge in [-0.05, 0) is 12.1 Å². The van der Waals surface area contributed by atoms with Crippen LogP contribution in [-0.2, 0) is 14.8 Å². The maximum atomic E-state index is 11.7. The van der Waals surface area contributed by atoms with Gasteiger partial charge in [-0.1, -0.05) is 0 Å². The second kappa shape index (κ2) is 10.8. The van der Waals surface area contributed by atoms with Gasteiger partial charge in [-0.25, -0.2) is 13.1 Å². The molecule has 1 aromatic rings. The molecule has 4 N–H and O–H groups in total. The van der Waals surface area contributed by atoms with Crippen molar-refractivity contribution >= 4 is 40.7 Å². The summed E-state index contributed by atoms with van der Waals surface area (Å²) in [6, 6.07) is 2.96. The molecular formula is C10H18Cl2N4O3S. The molecular weight excluding hydrogens is 327 g/mol. The van der Waals surface area contributed by atoms with Gasteiger partial charge in [-0.15, -0.1) is 24.8 Å². The van der Waals surface area contributed by atoms with Gasteiger partial charge in [0.05, 0.1) is 0 Å². The molecule has 0 aliphatic rings. The molecule has 0 aromatic carbocycles. The van der Waals surface area contributed by atoms with Crippen LogP contribution in [0.2, 0.25) is 0 Å². The number of carbonyl (C=O) groups excluding carboxylic acids is 1. The van der Waals surface area contributed by atoms with Crippen molar-refractivity contribution in [1.29, 1.82) is 0 Å². The molecule has 0 saturated carbocycles. The summed E-state index contributed by atoms with van der Waals surface area (Å²) in [5.41, 5.74) is 5.22. The Morgan fingerprint density at radius 2 is 2.00 bits per heavy atom. The van der Waals surface area contributed by atoms with Crippen molar-refractivity contribution < 1.29 is 13.2 Å². The molecule has 1 amide bonds. The lowest BCUT2D eigenvalue weighted by atomic mass is 10.4. The van der Waals surface area contributed by atoms with E-state index < -0.39 is 10.0 Å². The minimum absolute atomic E-state index is 0. The standard InChI is InChI=1S/C10H16N4O3S.2ClH/c11-4-7-13-10(15)3-6-14-18(16,17)9-2-1-5-12-8-9;;/h1-2,5,8,14H,3-4,6-7,11H2,(H,13,15);2*1H. The third-order valence-corrected chi connectivity index (χ3v) is 3.50. The minimum Gasteiger partial charge on any atom is -0.355 e. The molecule has 0 aliphatic heterocycles. The lowest BCUT2D eigenvalue weighted by Gasteiger charge is -2.06. The van der Waals surface area contributed by atoms with Crippen LogP contribution in [0.4, 0.5) is 0 Å². The predicted octanol–water partition coefficient (Wildman–Crippen LogP) is -0.331. The van der Waals surface area contributed by atoms with Gasteiger partial charge in [0.2, 0.25) is 15.9 Å². The molecule has 0 radical (unpaired) electrons. The number of hydrogen-bond donors (Lipinski definition) is 3. The van der Waals surface area contributed by atoms with E-state index in [4.69, 9.17) is 5.73 Å². The number of pyridine rings is 1. The van der Waals surface area contributed by atoms with Crippen LogP contribution in [0.25, 0.3) is 0 Å². The molecule has 0 atom stereocenters. The Morgan fingerprint density at radius 3 is 2.55 bits per heavy atom. The molecule has 1 rings (SSSR count). The Hall–Kier alpha value is -0.930. The van der Waals surface area contributed by atoms with Crippen LogP contribution in [0.15, 0.2) is 29.4 Å². The van der Waals surface area contributed by atoms with Crippen LogP contribution < -0.4 is 15.8 Å². The zero-order chi connectivity index (χ0) is 13.4. The summed E-state index contributed by atoms with van der Waals surface area (Å²) in [5, 5.41) is 2.55. The maximum absolute atomic E-state index is 11.7.